The van der Waals surface area contributed by atoms with Gasteiger partial charge in [-0.05, 0) is 51.3 Å². The maximum absolute atomic E-state index is 10.8. The molecule has 5 nitrogen and oxygen atoms in total. The molecule has 0 aliphatic carbocycles. The summed E-state index contributed by atoms with van der Waals surface area (Å²) in [6, 6.07) is 10.2. The van der Waals surface area contributed by atoms with Crippen molar-refractivity contribution in [2.75, 3.05) is 32.7 Å². The Morgan fingerprint density at radius 3 is 2.37 bits per heavy atom. The quantitative estimate of drug-likeness (QED) is 0.299. The first-order chi connectivity index (χ1) is 12.4. The van der Waals surface area contributed by atoms with Gasteiger partial charge in [-0.15, -0.1) is 24.0 Å². The Morgan fingerprint density at radius 1 is 1.19 bits per heavy atom. The van der Waals surface area contributed by atoms with Gasteiger partial charge in [-0.1, -0.05) is 44.2 Å². The van der Waals surface area contributed by atoms with E-state index in [0.29, 0.717) is 18.5 Å². The second kappa shape index (κ2) is 11.9. The summed E-state index contributed by atoms with van der Waals surface area (Å²) in [6.45, 7) is 12.8. The molecular formula is C21H37IN4O. The van der Waals surface area contributed by atoms with E-state index in [2.05, 4.69) is 41.3 Å². The van der Waals surface area contributed by atoms with Crippen molar-refractivity contribution in [2.45, 2.75) is 52.2 Å². The Hall–Kier alpha value is -0.860. The molecular weight excluding hydrogens is 451 g/mol. The molecule has 1 aromatic carbocycles. The molecule has 27 heavy (non-hydrogen) atoms. The van der Waals surface area contributed by atoms with Gasteiger partial charge in [0, 0.05) is 19.1 Å². The van der Waals surface area contributed by atoms with Crippen LogP contribution in [0.4, 0.5) is 0 Å². The van der Waals surface area contributed by atoms with E-state index in [4.69, 9.17) is 0 Å². The molecule has 2 unspecified atom stereocenters. The largest absolute Gasteiger partial charge is 0.384 e. The third-order valence-electron chi connectivity index (χ3n) is 5.14. The number of nitrogens with zero attached hydrogens (tertiary/aromatic N) is 2. The van der Waals surface area contributed by atoms with Gasteiger partial charge in [0.1, 0.15) is 5.60 Å². The van der Waals surface area contributed by atoms with E-state index in [-0.39, 0.29) is 24.0 Å². The third kappa shape index (κ3) is 7.58. The molecule has 1 heterocycles. The number of likely N-dealkylation sites (tertiary alicyclic amines) is 1. The normalized spacial score (nSPS) is 18.7. The van der Waals surface area contributed by atoms with E-state index in [1.54, 1.807) is 0 Å². The first-order valence-electron chi connectivity index (χ1n) is 9.98. The Morgan fingerprint density at radius 2 is 1.81 bits per heavy atom. The molecule has 2 atom stereocenters. The highest BCUT2D eigenvalue weighted by atomic mass is 127. The monoisotopic (exact) mass is 488 g/mol. The minimum absolute atomic E-state index is 0. The predicted octanol–water partition coefficient (Wildman–Crippen LogP) is 3.19. The molecule has 0 radical (unpaired) electrons. The Kier molecular flexibility index (Phi) is 10.6. The smallest absolute Gasteiger partial charge is 0.191 e. The second-order valence-corrected chi connectivity index (χ2v) is 7.77. The SMILES string of the molecule is CCNC(=NCC(C)(O)c1ccccc1)NCC(C(C)C)N1CCCC1.I. The lowest BCUT2D eigenvalue weighted by molar-refractivity contribution is 0.0672. The Bertz CT molecular complexity index is 557. The van der Waals surface area contributed by atoms with Crippen molar-refractivity contribution in [3.63, 3.8) is 0 Å². The number of hydrogen-bond acceptors (Lipinski definition) is 3. The highest BCUT2D eigenvalue weighted by Gasteiger charge is 2.25. The van der Waals surface area contributed by atoms with Crippen LogP contribution in [0.3, 0.4) is 0 Å². The van der Waals surface area contributed by atoms with Crippen LogP contribution in [-0.4, -0.2) is 54.7 Å². The third-order valence-corrected chi connectivity index (χ3v) is 5.14. The van der Waals surface area contributed by atoms with Gasteiger partial charge in [0.05, 0.1) is 6.54 Å². The zero-order chi connectivity index (χ0) is 19.0. The van der Waals surface area contributed by atoms with Crippen LogP contribution in [0.2, 0.25) is 0 Å². The van der Waals surface area contributed by atoms with Crippen LogP contribution in [0.5, 0.6) is 0 Å². The highest BCUT2D eigenvalue weighted by Crippen LogP contribution is 2.20. The Labute approximate surface area is 182 Å². The van der Waals surface area contributed by atoms with Gasteiger partial charge in [0.2, 0.25) is 0 Å². The molecule has 0 saturated carbocycles. The number of rotatable bonds is 8. The van der Waals surface area contributed by atoms with Crippen molar-refractivity contribution < 1.29 is 5.11 Å². The van der Waals surface area contributed by atoms with Crippen molar-refractivity contribution in [1.82, 2.24) is 15.5 Å². The second-order valence-electron chi connectivity index (χ2n) is 7.77. The summed E-state index contributed by atoms with van der Waals surface area (Å²) >= 11 is 0. The number of guanidine groups is 1. The van der Waals surface area contributed by atoms with Gasteiger partial charge in [-0.3, -0.25) is 4.90 Å². The number of benzene rings is 1. The minimum atomic E-state index is -0.976. The molecule has 0 bridgehead atoms. The van der Waals surface area contributed by atoms with Crippen LogP contribution in [0, 0.1) is 5.92 Å². The van der Waals surface area contributed by atoms with E-state index in [1.165, 1.54) is 25.9 Å². The van der Waals surface area contributed by atoms with Gasteiger partial charge in [-0.2, -0.15) is 0 Å². The Balaban J connectivity index is 0.00000364. The lowest BCUT2D eigenvalue weighted by Crippen LogP contribution is -2.49. The molecule has 1 aliphatic rings. The topological polar surface area (TPSA) is 59.9 Å². The van der Waals surface area contributed by atoms with Crippen molar-refractivity contribution in [1.29, 1.82) is 0 Å². The van der Waals surface area contributed by atoms with Gasteiger partial charge in [-0.25, -0.2) is 4.99 Å². The van der Waals surface area contributed by atoms with Crippen LogP contribution in [0.15, 0.2) is 35.3 Å². The molecule has 0 aromatic heterocycles. The molecule has 1 aliphatic heterocycles. The van der Waals surface area contributed by atoms with E-state index >= 15 is 0 Å². The van der Waals surface area contributed by atoms with Gasteiger partial charge < -0.3 is 15.7 Å². The summed E-state index contributed by atoms with van der Waals surface area (Å²) in [6.07, 6.45) is 2.61. The van der Waals surface area contributed by atoms with Crippen LogP contribution in [-0.2, 0) is 5.60 Å². The summed E-state index contributed by atoms with van der Waals surface area (Å²) in [4.78, 5) is 7.23. The number of nitrogens with one attached hydrogen (secondary N) is 2. The molecule has 0 spiro atoms. The molecule has 1 fully saturated rings. The van der Waals surface area contributed by atoms with Crippen molar-refractivity contribution >= 4 is 29.9 Å². The summed E-state index contributed by atoms with van der Waals surface area (Å²) in [5, 5.41) is 17.6. The van der Waals surface area contributed by atoms with Crippen LogP contribution >= 0.6 is 24.0 Å². The molecule has 1 aromatic rings. The maximum atomic E-state index is 10.8. The molecule has 0 amide bonds. The number of halogens is 1. The van der Waals surface area contributed by atoms with Crippen molar-refractivity contribution in [3.05, 3.63) is 35.9 Å². The molecule has 2 rings (SSSR count). The fraction of sp³-hybridized carbons (Fsp3) is 0.667. The lowest BCUT2D eigenvalue weighted by Gasteiger charge is -2.31. The number of aliphatic imine (C=N–C) groups is 1. The number of hydrogen-bond donors (Lipinski definition) is 3. The fourth-order valence-electron chi connectivity index (χ4n) is 3.52. The minimum Gasteiger partial charge on any atom is -0.384 e. The van der Waals surface area contributed by atoms with Crippen LogP contribution in [0.1, 0.15) is 46.1 Å². The lowest BCUT2D eigenvalue weighted by atomic mass is 9.96. The van der Waals surface area contributed by atoms with Crippen LogP contribution < -0.4 is 10.6 Å². The van der Waals surface area contributed by atoms with Gasteiger partial charge in [0.25, 0.3) is 0 Å². The average Bonchev–Trinajstić information content (AvgIpc) is 3.14. The van der Waals surface area contributed by atoms with Crippen molar-refractivity contribution in [2.24, 2.45) is 10.9 Å². The zero-order valence-corrected chi connectivity index (χ0v) is 19.6. The van der Waals surface area contributed by atoms with E-state index in [1.807, 2.05) is 37.3 Å². The standard InChI is InChI=1S/C21H36N4O.HI/c1-5-22-20(23-15-19(17(2)3)25-13-9-10-14-25)24-16-21(4,26)18-11-7-6-8-12-18;/h6-8,11-12,17,19,26H,5,9-10,13-16H2,1-4H3,(H2,22,23,24);1H. The maximum Gasteiger partial charge on any atom is 0.191 e. The summed E-state index contributed by atoms with van der Waals surface area (Å²) in [7, 11) is 0. The van der Waals surface area contributed by atoms with Gasteiger partial charge in [0.15, 0.2) is 5.96 Å². The average molecular weight is 488 g/mol. The summed E-state index contributed by atoms with van der Waals surface area (Å²) < 4.78 is 0. The highest BCUT2D eigenvalue weighted by molar-refractivity contribution is 14.0. The van der Waals surface area contributed by atoms with E-state index in [0.717, 1.165) is 24.6 Å². The first-order valence-corrected chi connectivity index (χ1v) is 9.98. The zero-order valence-electron chi connectivity index (χ0n) is 17.2. The summed E-state index contributed by atoms with van der Waals surface area (Å²) in [5.41, 5.74) is -0.0903. The van der Waals surface area contributed by atoms with E-state index in [9.17, 15) is 5.11 Å². The first kappa shape index (κ1) is 24.2. The van der Waals surface area contributed by atoms with Crippen molar-refractivity contribution in [3.8, 4) is 0 Å². The fourth-order valence-corrected chi connectivity index (χ4v) is 3.52. The number of aliphatic hydroxyl groups is 1. The van der Waals surface area contributed by atoms with Crippen LogP contribution in [0.25, 0.3) is 0 Å². The van der Waals surface area contributed by atoms with E-state index < -0.39 is 5.60 Å². The predicted molar refractivity (Wildman–Crippen MR) is 125 cm³/mol. The molecule has 3 N–H and O–H groups in total. The summed E-state index contributed by atoms with van der Waals surface area (Å²) in [5.74, 6) is 1.37. The molecule has 154 valence electrons. The molecule has 1 saturated heterocycles. The van der Waals surface area contributed by atoms with Gasteiger partial charge >= 0.3 is 0 Å². The molecule has 6 heteroatoms.